The average molecular weight is 586 g/mol. The molecule has 8 nitrogen and oxygen atoms in total. The molecule has 0 saturated heterocycles. The van der Waals surface area contributed by atoms with E-state index < -0.39 is 24.0 Å². The van der Waals surface area contributed by atoms with E-state index in [1.54, 1.807) is 26.2 Å². The number of benzene rings is 3. The van der Waals surface area contributed by atoms with Crippen LogP contribution in [0.15, 0.2) is 71.8 Å². The number of hydrogen-bond acceptors (Lipinski definition) is 6. The Morgan fingerprint density at radius 1 is 0.975 bits per heavy atom. The molecule has 2 N–H and O–H groups in total. The third-order valence-electron chi connectivity index (χ3n) is 6.21. The zero-order valence-electron chi connectivity index (χ0n) is 23.0. The quantitative estimate of drug-likeness (QED) is 0.204. The van der Waals surface area contributed by atoms with Gasteiger partial charge in [0.1, 0.15) is 17.5 Å². The Balaban J connectivity index is 1.72. The third kappa shape index (κ3) is 8.63. The van der Waals surface area contributed by atoms with E-state index >= 15 is 0 Å². The van der Waals surface area contributed by atoms with Crippen LogP contribution in [0.1, 0.15) is 31.9 Å². The number of carbonyl (C=O) groups is 2. The van der Waals surface area contributed by atoms with Gasteiger partial charge in [-0.3, -0.25) is 9.59 Å². The monoisotopic (exact) mass is 584 g/mol. The van der Waals surface area contributed by atoms with Gasteiger partial charge in [0.05, 0.1) is 18.3 Å². The van der Waals surface area contributed by atoms with Crippen molar-refractivity contribution in [1.29, 1.82) is 0 Å². The van der Waals surface area contributed by atoms with Crippen LogP contribution >= 0.6 is 23.2 Å². The van der Waals surface area contributed by atoms with E-state index in [0.29, 0.717) is 22.1 Å². The van der Waals surface area contributed by atoms with Crippen LogP contribution in [0.5, 0.6) is 11.5 Å². The molecule has 0 aliphatic carbocycles. The van der Waals surface area contributed by atoms with Crippen molar-refractivity contribution in [2.75, 3.05) is 25.1 Å². The van der Waals surface area contributed by atoms with Gasteiger partial charge >= 0.3 is 0 Å². The molecule has 3 aromatic rings. The molecule has 0 spiro atoms. The van der Waals surface area contributed by atoms with E-state index in [2.05, 4.69) is 34.6 Å². The molecule has 3 aromatic carbocycles. The Morgan fingerprint density at radius 3 is 2.35 bits per heavy atom. The van der Waals surface area contributed by atoms with Gasteiger partial charge in [0.2, 0.25) is 0 Å². The van der Waals surface area contributed by atoms with Crippen LogP contribution in [0.2, 0.25) is 10.0 Å². The molecule has 2 atom stereocenters. The first kappa shape index (κ1) is 30.8. The van der Waals surface area contributed by atoms with Crippen LogP contribution in [0, 0.1) is 0 Å². The molecule has 0 heterocycles. The maximum absolute atomic E-state index is 13.2. The van der Waals surface area contributed by atoms with Gasteiger partial charge in [-0.25, -0.2) is 5.43 Å². The van der Waals surface area contributed by atoms with Crippen molar-refractivity contribution in [1.82, 2.24) is 10.7 Å². The number of nitrogens with zero attached hydrogens (tertiary/aromatic N) is 2. The molecular formula is C30H34Cl2N4O4. The number of amides is 2. The number of nitrogens with one attached hydrogen (secondary N) is 2. The van der Waals surface area contributed by atoms with Crippen LogP contribution in [-0.2, 0) is 16.0 Å². The number of hydrogen-bond donors (Lipinski definition) is 2. The number of halogens is 2. The third-order valence-corrected chi connectivity index (χ3v) is 6.74. The van der Waals surface area contributed by atoms with Crippen molar-refractivity contribution in [2.24, 2.45) is 5.10 Å². The van der Waals surface area contributed by atoms with Crippen molar-refractivity contribution >= 4 is 46.9 Å². The van der Waals surface area contributed by atoms with Crippen molar-refractivity contribution < 1.29 is 19.1 Å². The van der Waals surface area contributed by atoms with Gasteiger partial charge in [-0.05, 0) is 56.7 Å². The molecule has 0 aromatic heterocycles. The van der Waals surface area contributed by atoms with Gasteiger partial charge in [0.25, 0.3) is 11.8 Å². The summed E-state index contributed by atoms with van der Waals surface area (Å²) in [5, 5.41) is 7.64. The molecule has 0 bridgehead atoms. The highest BCUT2D eigenvalue weighted by Crippen LogP contribution is 2.28. The second-order valence-electron chi connectivity index (χ2n) is 8.92. The first-order valence-corrected chi connectivity index (χ1v) is 13.7. The minimum absolute atomic E-state index is 0.254. The van der Waals surface area contributed by atoms with Gasteiger partial charge in [0, 0.05) is 41.9 Å². The molecule has 40 heavy (non-hydrogen) atoms. The standard InChI is InChI=1S/C30H34Cl2N4O4/c1-5-36(6-2)24-14-12-22(28(18-24)39-4)19-33-35-30(38)26(16-21-10-8-7-9-11-21)34-29(37)20(3)40-27-15-13-23(31)17-25(27)32/h7-15,17-20,26H,5-6,16H2,1-4H3,(H,34,37)(H,35,38)/b33-19-/t20-,26+/m1/s1. The van der Waals surface area contributed by atoms with E-state index in [-0.39, 0.29) is 11.4 Å². The number of anilines is 1. The average Bonchev–Trinajstić information content (AvgIpc) is 2.95. The zero-order valence-corrected chi connectivity index (χ0v) is 24.5. The van der Waals surface area contributed by atoms with Crippen LogP contribution in [-0.4, -0.2) is 50.4 Å². The fourth-order valence-corrected chi connectivity index (χ4v) is 4.45. The molecule has 0 radical (unpaired) electrons. The highest BCUT2D eigenvalue weighted by Gasteiger charge is 2.25. The fraction of sp³-hybridized carbons (Fsp3) is 0.300. The lowest BCUT2D eigenvalue weighted by molar-refractivity contribution is -0.132. The second kappa shape index (κ2) is 15.1. The Bertz CT molecular complexity index is 1320. The van der Waals surface area contributed by atoms with Crippen molar-refractivity contribution in [3.05, 3.63) is 87.9 Å². The summed E-state index contributed by atoms with van der Waals surface area (Å²) in [5.74, 6) is -0.0321. The highest BCUT2D eigenvalue weighted by molar-refractivity contribution is 6.35. The Hall–Kier alpha value is -3.75. The van der Waals surface area contributed by atoms with Crippen molar-refractivity contribution in [3.63, 3.8) is 0 Å². The summed E-state index contributed by atoms with van der Waals surface area (Å²) in [6.07, 6.45) is 0.838. The summed E-state index contributed by atoms with van der Waals surface area (Å²) in [4.78, 5) is 28.4. The number of methoxy groups -OCH3 is 1. The lowest BCUT2D eigenvalue weighted by atomic mass is 10.1. The molecule has 0 aliphatic heterocycles. The Labute approximate surface area is 245 Å². The Morgan fingerprint density at radius 2 is 1.70 bits per heavy atom. The SMILES string of the molecule is CCN(CC)c1ccc(/C=N\NC(=O)[C@H](Cc2ccccc2)NC(=O)[C@@H](C)Oc2ccc(Cl)cc2Cl)c(OC)c1. The maximum atomic E-state index is 13.2. The number of hydrazone groups is 1. The summed E-state index contributed by atoms with van der Waals surface area (Å²) < 4.78 is 11.3. The Kier molecular flexibility index (Phi) is 11.7. The number of carbonyl (C=O) groups excluding carboxylic acids is 2. The molecule has 0 aliphatic rings. The van der Waals surface area contributed by atoms with Crippen LogP contribution in [0.3, 0.4) is 0 Å². The number of rotatable bonds is 13. The van der Waals surface area contributed by atoms with E-state index in [1.807, 2.05) is 48.5 Å². The minimum Gasteiger partial charge on any atom is -0.496 e. The molecule has 10 heteroatoms. The van der Waals surface area contributed by atoms with Gasteiger partial charge < -0.3 is 19.7 Å². The van der Waals surface area contributed by atoms with E-state index in [4.69, 9.17) is 32.7 Å². The first-order valence-electron chi connectivity index (χ1n) is 13.0. The summed E-state index contributed by atoms with van der Waals surface area (Å²) in [5.41, 5.74) is 5.15. The summed E-state index contributed by atoms with van der Waals surface area (Å²) in [7, 11) is 1.59. The minimum atomic E-state index is -0.929. The normalized spacial score (nSPS) is 12.4. The predicted molar refractivity (Wildman–Crippen MR) is 161 cm³/mol. The zero-order chi connectivity index (χ0) is 29.1. The highest BCUT2D eigenvalue weighted by atomic mass is 35.5. The topological polar surface area (TPSA) is 92.3 Å². The van der Waals surface area contributed by atoms with Crippen molar-refractivity contribution in [3.8, 4) is 11.5 Å². The van der Waals surface area contributed by atoms with Gasteiger partial charge in [-0.2, -0.15) is 5.10 Å². The van der Waals surface area contributed by atoms with Crippen molar-refractivity contribution in [2.45, 2.75) is 39.3 Å². The van der Waals surface area contributed by atoms with Crippen LogP contribution < -0.4 is 25.1 Å². The van der Waals surface area contributed by atoms with Gasteiger partial charge in [-0.1, -0.05) is 53.5 Å². The molecular weight excluding hydrogens is 551 g/mol. The lowest BCUT2D eigenvalue weighted by Gasteiger charge is -2.22. The summed E-state index contributed by atoms with van der Waals surface area (Å²) in [6, 6.07) is 19.0. The van der Waals surface area contributed by atoms with E-state index in [1.165, 1.54) is 12.3 Å². The lowest BCUT2D eigenvalue weighted by Crippen LogP contribution is -2.50. The van der Waals surface area contributed by atoms with E-state index in [0.717, 1.165) is 24.3 Å². The largest absolute Gasteiger partial charge is 0.496 e. The smallest absolute Gasteiger partial charge is 0.262 e. The van der Waals surface area contributed by atoms with Crippen LogP contribution in [0.4, 0.5) is 5.69 Å². The van der Waals surface area contributed by atoms with E-state index in [9.17, 15) is 9.59 Å². The second-order valence-corrected chi connectivity index (χ2v) is 9.76. The summed E-state index contributed by atoms with van der Waals surface area (Å²) >= 11 is 12.1. The first-order chi connectivity index (χ1) is 19.2. The molecule has 3 rings (SSSR count). The number of ether oxygens (including phenoxy) is 2. The summed E-state index contributed by atoms with van der Waals surface area (Å²) in [6.45, 7) is 7.49. The van der Waals surface area contributed by atoms with Gasteiger partial charge in [-0.15, -0.1) is 0 Å². The predicted octanol–water partition coefficient (Wildman–Crippen LogP) is 5.49. The molecule has 0 saturated carbocycles. The van der Waals surface area contributed by atoms with Crippen LogP contribution in [0.25, 0.3) is 0 Å². The maximum Gasteiger partial charge on any atom is 0.262 e. The molecule has 0 unspecified atom stereocenters. The molecule has 2 amide bonds. The fourth-order valence-electron chi connectivity index (χ4n) is 4.00. The molecule has 212 valence electrons. The van der Waals surface area contributed by atoms with Gasteiger partial charge in [0.15, 0.2) is 6.10 Å². The molecule has 0 fully saturated rings.